The Morgan fingerprint density at radius 2 is 1.87 bits per heavy atom. The number of anilines is 1. The van der Waals surface area contributed by atoms with E-state index in [9.17, 15) is 28.3 Å². The van der Waals surface area contributed by atoms with E-state index in [1.54, 1.807) is 0 Å². The number of nitrogen functional groups attached to an aromatic ring is 1. The van der Waals surface area contributed by atoms with Gasteiger partial charge < -0.3 is 40.5 Å². The van der Waals surface area contributed by atoms with E-state index in [4.69, 9.17) is 35.3 Å². The molecule has 1 aliphatic heterocycles. The fourth-order valence-corrected chi connectivity index (χ4v) is 7.95. The second-order valence-corrected chi connectivity index (χ2v) is 16.1. The quantitative estimate of drug-likeness (QED) is 0.0609. The Kier molecular flexibility index (Phi) is 12.3. The molecule has 0 aliphatic carbocycles. The highest BCUT2D eigenvalue weighted by atomic mass is 33.1. The molecule has 0 saturated carbocycles. The zero-order valence-corrected chi connectivity index (χ0v) is 25.1. The first kappa shape index (κ1) is 34.4. The van der Waals surface area contributed by atoms with Gasteiger partial charge in [-0.25, -0.2) is 18.5 Å². The van der Waals surface area contributed by atoms with Crippen LogP contribution in [0.15, 0.2) is 11.0 Å². The van der Waals surface area contributed by atoms with Gasteiger partial charge in [0.2, 0.25) is 0 Å². The lowest BCUT2D eigenvalue weighted by Crippen LogP contribution is -2.29. The smallest absolute Gasteiger partial charge is 0.382 e. The fourth-order valence-electron chi connectivity index (χ4n) is 2.91. The largest absolute Gasteiger partial charge is 0.490 e. The van der Waals surface area contributed by atoms with Crippen molar-refractivity contribution in [2.24, 2.45) is 5.73 Å². The molecule has 39 heavy (non-hydrogen) atoms. The molecular formula is C17H29N4O13P3S2. The van der Waals surface area contributed by atoms with Crippen molar-refractivity contribution in [2.45, 2.75) is 50.4 Å². The first-order chi connectivity index (χ1) is 17.8. The van der Waals surface area contributed by atoms with Gasteiger partial charge in [0.05, 0.1) is 24.8 Å². The summed E-state index contributed by atoms with van der Waals surface area (Å²) < 4.78 is 59.4. The van der Waals surface area contributed by atoms with Crippen molar-refractivity contribution in [3.63, 3.8) is 0 Å². The zero-order valence-electron chi connectivity index (χ0n) is 20.8. The van der Waals surface area contributed by atoms with Crippen molar-refractivity contribution < 1.29 is 55.9 Å². The van der Waals surface area contributed by atoms with Crippen LogP contribution < -0.4 is 17.2 Å². The van der Waals surface area contributed by atoms with Gasteiger partial charge in [0, 0.05) is 17.4 Å². The van der Waals surface area contributed by atoms with Crippen molar-refractivity contribution >= 4 is 50.9 Å². The van der Waals surface area contributed by atoms with Crippen molar-refractivity contribution in [3.05, 3.63) is 22.2 Å². The Balaban J connectivity index is 2.21. The van der Waals surface area contributed by atoms with Crippen LogP contribution in [0.5, 0.6) is 0 Å². The number of hydrogen-bond donors (Lipinski definition) is 6. The molecule has 22 heteroatoms. The Morgan fingerprint density at radius 1 is 1.21 bits per heavy atom. The second kappa shape index (κ2) is 13.9. The normalized spacial score (nSPS) is 23.0. The van der Waals surface area contributed by atoms with E-state index >= 15 is 0 Å². The number of nitrogens with zero attached hydrogens (tertiary/aromatic N) is 2. The molecule has 0 spiro atoms. The topological polar surface area (TPSA) is 265 Å². The highest BCUT2D eigenvalue weighted by Crippen LogP contribution is 2.66. The number of hydrogen-bond acceptors (Lipinski definition) is 14. The maximum absolute atomic E-state index is 12.5. The lowest BCUT2D eigenvalue weighted by molar-refractivity contribution is -0.0543. The maximum Gasteiger partial charge on any atom is 0.490 e. The molecule has 222 valence electrons. The van der Waals surface area contributed by atoms with Crippen molar-refractivity contribution in [1.29, 1.82) is 0 Å². The van der Waals surface area contributed by atoms with Gasteiger partial charge in [-0.1, -0.05) is 54.2 Å². The Bertz CT molecular complexity index is 1270. The van der Waals surface area contributed by atoms with Gasteiger partial charge in [0.15, 0.2) is 0 Å². The Morgan fingerprint density at radius 3 is 2.46 bits per heavy atom. The fraction of sp³-hybridized carbons (Fsp3) is 0.647. The number of aromatic nitrogens is 2. The molecule has 2 rings (SSSR count). The molecule has 1 aliphatic rings. The lowest BCUT2D eigenvalue weighted by Gasteiger charge is -2.22. The predicted molar refractivity (Wildman–Crippen MR) is 142 cm³/mol. The van der Waals surface area contributed by atoms with Gasteiger partial charge in [0.25, 0.3) is 0 Å². The monoisotopic (exact) mass is 654 g/mol. The average molecular weight is 654 g/mol. The molecule has 0 radical (unpaired) electrons. The summed E-state index contributed by atoms with van der Waals surface area (Å²) in [6.07, 6.45) is -1.60. The molecule has 1 aromatic rings. The van der Waals surface area contributed by atoms with Gasteiger partial charge in [-0.05, 0) is 0 Å². The van der Waals surface area contributed by atoms with E-state index < -0.39 is 54.2 Å². The van der Waals surface area contributed by atoms with Crippen LogP contribution in [0.25, 0.3) is 0 Å². The van der Waals surface area contributed by atoms with E-state index in [1.807, 2.05) is 20.8 Å². The minimum atomic E-state index is -5.70. The number of nitrogens with two attached hydrogens (primary N) is 2. The molecule has 0 aromatic carbocycles. The average Bonchev–Trinajstić information content (AvgIpc) is 3.14. The SMILES string of the molecule is CC(C)(C)SSCO[C@@H]1C[C@H](n2cc(C#CCN)c(N)nc2=O)O[C@@H]1COP(=O)(O)OP(=O)(O)OP(=O)(O)O. The standard InChI is InChI=1S/C17H29N4O13P3S2/c1-17(2,3)39-38-10-30-12-7-14(21-8-11(5-4-6-18)15(19)20-16(21)22)32-13(12)9-31-36(26,27)34-37(28,29)33-35(23,24)25/h8,12-14H,6-7,9-10,18H2,1-3H3,(H,26,27)(H,28,29)(H2,19,20,22)(H2,23,24,25)/t12-,13-,14-/m1/s1. The summed E-state index contributed by atoms with van der Waals surface area (Å²) in [6, 6.07) is 0. The second-order valence-electron chi connectivity index (χ2n) is 8.62. The zero-order chi connectivity index (χ0) is 29.6. The number of phosphoric ester groups is 1. The predicted octanol–water partition coefficient (Wildman–Crippen LogP) is 1.29. The minimum Gasteiger partial charge on any atom is -0.382 e. The molecule has 0 amide bonds. The molecule has 1 fully saturated rings. The summed E-state index contributed by atoms with van der Waals surface area (Å²) in [5.41, 5.74) is 10.6. The van der Waals surface area contributed by atoms with E-state index in [0.29, 0.717) is 0 Å². The van der Waals surface area contributed by atoms with Crippen LogP contribution in [0.1, 0.15) is 39.0 Å². The Labute approximate surface area is 231 Å². The molecule has 1 aromatic heterocycles. The van der Waals surface area contributed by atoms with Gasteiger partial charge in [0.1, 0.15) is 24.1 Å². The lowest BCUT2D eigenvalue weighted by atomic mass is 10.2. The molecule has 8 N–H and O–H groups in total. The van der Waals surface area contributed by atoms with Crippen molar-refractivity contribution in [2.75, 3.05) is 24.8 Å². The third-order valence-electron chi connectivity index (χ3n) is 4.25. The molecule has 5 atom stereocenters. The number of ether oxygens (including phenoxy) is 2. The van der Waals surface area contributed by atoms with Gasteiger partial charge >= 0.3 is 29.2 Å². The van der Waals surface area contributed by atoms with E-state index in [0.717, 1.165) is 4.57 Å². The summed E-state index contributed by atoms with van der Waals surface area (Å²) in [5.74, 6) is 5.30. The third kappa shape index (κ3) is 12.3. The highest BCUT2D eigenvalue weighted by Gasteiger charge is 2.43. The van der Waals surface area contributed by atoms with E-state index in [-0.39, 0.29) is 35.0 Å². The van der Waals surface area contributed by atoms with E-state index in [1.165, 1.54) is 27.8 Å². The number of phosphoric acid groups is 3. The van der Waals surface area contributed by atoms with Crippen LogP contribution in [-0.2, 0) is 36.3 Å². The van der Waals surface area contributed by atoms with Crippen molar-refractivity contribution in [3.8, 4) is 11.8 Å². The van der Waals surface area contributed by atoms with Crippen LogP contribution in [0, 0.1) is 11.8 Å². The molecule has 2 unspecified atom stereocenters. The van der Waals surface area contributed by atoms with Gasteiger partial charge in [-0.3, -0.25) is 9.09 Å². The highest BCUT2D eigenvalue weighted by molar-refractivity contribution is 8.77. The minimum absolute atomic E-state index is 0.0291. The summed E-state index contributed by atoms with van der Waals surface area (Å²) in [7, 11) is -13.8. The maximum atomic E-state index is 12.5. The number of rotatable bonds is 12. The molecule has 1 saturated heterocycles. The summed E-state index contributed by atoms with van der Waals surface area (Å²) in [5, 5.41) is 0. The molecule has 0 bridgehead atoms. The van der Waals surface area contributed by atoms with Crippen LogP contribution in [0.3, 0.4) is 0 Å². The summed E-state index contributed by atoms with van der Waals surface area (Å²) in [6.45, 7) is 5.25. The first-order valence-corrected chi connectivity index (χ1v) is 17.6. The van der Waals surface area contributed by atoms with Crippen LogP contribution >= 0.6 is 45.1 Å². The third-order valence-corrected chi connectivity index (χ3v) is 11.0. The first-order valence-electron chi connectivity index (χ1n) is 10.7. The van der Waals surface area contributed by atoms with Crippen LogP contribution in [0.4, 0.5) is 5.82 Å². The van der Waals surface area contributed by atoms with Gasteiger partial charge in [-0.2, -0.15) is 13.6 Å². The summed E-state index contributed by atoms with van der Waals surface area (Å²) in [4.78, 5) is 52.7. The van der Waals surface area contributed by atoms with Crippen LogP contribution in [0.2, 0.25) is 0 Å². The Hall–Kier alpha value is -0.770. The summed E-state index contributed by atoms with van der Waals surface area (Å²) >= 11 is 0. The molecular weight excluding hydrogens is 625 g/mol. The van der Waals surface area contributed by atoms with Crippen LogP contribution in [-0.4, -0.2) is 65.2 Å². The van der Waals surface area contributed by atoms with Crippen molar-refractivity contribution in [1.82, 2.24) is 9.55 Å². The van der Waals surface area contributed by atoms with E-state index in [2.05, 4.69) is 25.4 Å². The molecule has 17 nitrogen and oxygen atoms in total. The molecule has 2 heterocycles. The van der Waals surface area contributed by atoms with Gasteiger partial charge in [-0.15, -0.1) is 0 Å².